The molecule has 0 aliphatic carbocycles. The Morgan fingerprint density at radius 3 is 2.75 bits per heavy atom. The summed E-state index contributed by atoms with van der Waals surface area (Å²) in [4.78, 5) is 16.5. The average Bonchev–Trinajstić information content (AvgIpc) is 2.97. The van der Waals surface area contributed by atoms with E-state index in [4.69, 9.17) is 4.74 Å². The normalized spacial score (nSPS) is 11.4. The molecule has 0 saturated carbocycles. The number of rotatable bonds is 6. The Morgan fingerprint density at radius 1 is 1.38 bits per heavy atom. The monoisotopic (exact) mass is 347 g/mol. The largest absolute Gasteiger partial charge is 0.494 e. The number of imidazole rings is 1. The molecule has 1 aromatic heterocycles. The van der Waals surface area contributed by atoms with E-state index < -0.39 is 0 Å². The van der Waals surface area contributed by atoms with E-state index in [-0.39, 0.29) is 11.4 Å². The van der Waals surface area contributed by atoms with E-state index in [1.807, 2.05) is 38.2 Å². The number of amides is 1. The standard InChI is InChI=1S/C18H25N3O2S/c1-6-23-15-8-7-14(11-13(15)2)20-16(22)12-24-17-19-9-10-21(17)18(3,4)5/h7-11H,6,12H2,1-5H3,(H,20,22). The lowest BCUT2D eigenvalue weighted by Gasteiger charge is -2.22. The Labute approximate surface area is 147 Å². The third kappa shape index (κ3) is 4.77. The molecule has 5 nitrogen and oxygen atoms in total. The molecular formula is C18H25N3O2S. The molecule has 0 radical (unpaired) electrons. The number of hydrogen-bond donors (Lipinski definition) is 1. The molecule has 1 amide bonds. The topological polar surface area (TPSA) is 56.1 Å². The second-order valence-corrected chi connectivity index (χ2v) is 7.44. The van der Waals surface area contributed by atoms with Crippen LogP contribution in [0.5, 0.6) is 5.75 Å². The van der Waals surface area contributed by atoms with Crippen LogP contribution in [0.1, 0.15) is 33.3 Å². The maximum Gasteiger partial charge on any atom is 0.234 e. The zero-order valence-electron chi connectivity index (χ0n) is 14.9. The first-order valence-electron chi connectivity index (χ1n) is 8.01. The number of hydrogen-bond acceptors (Lipinski definition) is 4. The molecule has 0 spiro atoms. The molecule has 0 atom stereocenters. The average molecular weight is 347 g/mol. The van der Waals surface area contributed by atoms with Gasteiger partial charge in [-0.1, -0.05) is 11.8 Å². The van der Waals surface area contributed by atoms with E-state index in [2.05, 4.69) is 35.6 Å². The summed E-state index contributed by atoms with van der Waals surface area (Å²) in [6.45, 7) is 10.9. The molecule has 0 saturated heterocycles. The van der Waals surface area contributed by atoms with E-state index >= 15 is 0 Å². The Balaban J connectivity index is 1.95. The molecule has 130 valence electrons. The van der Waals surface area contributed by atoms with E-state index in [1.165, 1.54) is 11.8 Å². The molecule has 0 fully saturated rings. The van der Waals surface area contributed by atoms with Gasteiger partial charge in [0.2, 0.25) is 5.91 Å². The van der Waals surface area contributed by atoms with Crippen molar-refractivity contribution in [2.75, 3.05) is 17.7 Å². The Bertz CT molecular complexity index is 705. The molecule has 0 bridgehead atoms. The van der Waals surface area contributed by atoms with Crippen LogP contribution in [-0.4, -0.2) is 27.8 Å². The summed E-state index contributed by atoms with van der Waals surface area (Å²) in [6.07, 6.45) is 3.71. The number of aromatic nitrogens is 2. The van der Waals surface area contributed by atoms with Crippen molar-refractivity contribution < 1.29 is 9.53 Å². The van der Waals surface area contributed by atoms with Gasteiger partial charge in [0.15, 0.2) is 5.16 Å². The van der Waals surface area contributed by atoms with Crippen LogP contribution in [0.4, 0.5) is 5.69 Å². The number of nitrogens with one attached hydrogen (secondary N) is 1. The minimum atomic E-state index is -0.0540. The molecule has 1 N–H and O–H groups in total. The molecular weight excluding hydrogens is 322 g/mol. The van der Waals surface area contributed by atoms with Crippen LogP contribution >= 0.6 is 11.8 Å². The van der Waals surface area contributed by atoms with Crippen LogP contribution in [0.15, 0.2) is 35.7 Å². The van der Waals surface area contributed by atoms with Crippen LogP contribution < -0.4 is 10.1 Å². The van der Waals surface area contributed by atoms with Crippen molar-refractivity contribution >= 4 is 23.4 Å². The number of thioether (sulfide) groups is 1. The van der Waals surface area contributed by atoms with Gasteiger partial charge in [0.25, 0.3) is 0 Å². The maximum absolute atomic E-state index is 12.2. The predicted molar refractivity (Wildman–Crippen MR) is 98.9 cm³/mol. The molecule has 0 aliphatic rings. The van der Waals surface area contributed by atoms with Gasteiger partial charge >= 0.3 is 0 Å². The number of ether oxygens (including phenoxy) is 1. The lowest BCUT2D eigenvalue weighted by Crippen LogP contribution is -2.22. The van der Waals surface area contributed by atoms with Gasteiger partial charge in [0, 0.05) is 23.6 Å². The zero-order valence-corrected chi connectivity index (χ0v) is 15.7. The van der Waals surface area contributed by atoms with Crippen LogP contribution in [0, 0.1) is 6.92 Å². The smallest absolute Gasteiger partial charge is 0.234 e. The molecule has 24 heavy (non-hydrogen) atoms. The van der Waals surface area contributed by atoms with Crippen LogP contribution in [-0.2, 0) is 10.3 Å². The SMILES string of the molecule is CCOc1ccc(NC(=O)CSc2nccn2C(C)(C)C)cc1C. The van der Waals surface area contributed by atoms with E-state index in [0.29, 0.717) is 12.4 Å². The molecule has 1 heterocycles. The first kappa shape index (κ1) is 18.4. The summed E-state index contributed by atoms with van der Waals surface area (Å²) in [5.41, 5.74) is 1.73. The van der Waals surface area contributed by atoms with Gasteiger partial charge in [0.1, 0.15) is 5.75 Å². The summed E-state index contributed by atoms with van der Waals surface area (Å²) in [5, 5.41) is 3.77. The minimum Gasteiger partial charge on any atom is -0.494 e. The third-order valence-electron chi connectivity index (χ3n) is 3.42. The van der Waals surface area contributed by atoms with Gasteiger partial charge < -0.3 is 14.6 Å². The number of anilines is 1. The highest BCUT2D eigenvalue weighted by Crippen LogP contribution is 2.25. The van der Waals surface area contributed by atoms with Gasteiger partial charge in [-0.15, -0.1) is 0 Å². The fourth-order valence-electron chi connectivity index (χ4n) is 2.28. The number of nitrogens with zero attached hydrogens (tertiary/aromatic N) is 2. The highest BCUT2D eigenvalue weighted by molar-refractivity contribution is 7.99. The quantitative estimate of drug-likeness (QED) is 0.800. The minimum absolute atomic E-state index is 0.0491. The molecule has 1 aromatic carbocycles. The van der Waals surface area contributed by atoms with Crippen LogP contribution in [0.2, 0.25) is 0 Å². The number of carbonyl (C=O) groups excluding carboxylic acids is 1. The lowest BCUT2D eigenvalue weighted by atomic mass is 10.1. The summed E-state index contributed by atoms with van der Waals surface area (Å²) in [6, 6.07) is 5.66. The highest BCUT2D eigenvalue weighted by Gasteiger charge is 2.17. The second-order valence-electron chi connectivity index (χ2n) is 6.50. The van der Waals surface area contributed by atoms with Crippen molar-refractivity contribution in [1.29, 1.82) is 0 Å². The number of benzene rings is 1. The maximum atomic E-state index is 12.2. The van der Waals surface area contributed by atoms with Gasteiger partial charge in [-0.25, -0.2) is 4.98 Å². The van der Waals surface area contributed by atoms with Gasteiger partial charge in [-0.3, -0.25) is 4.79 Å². The Hall–Kier alpha value is -1.95. The number of aryl methyl sites for hydroxylation is 1. The Morgan fingerprint density at radius 2 is 2.12 bits per heavy atom. The van der Waals surface area contributed by atoms with Crippen molar-refractivity contribution in [3.05, 3.63) is 36.2 Å². The fourth-order valence-corrected chi connectivity index (χ4v) is 3.22. The van der Waals surface area contributed by atoms with Crippen LogP contribution in [0.3, 0.4) is 0 Å². The van der Waals surface area contributed by atoms with E-state index in [1.54, 1.807) is 6.20 Å². The summed E-state index contributed by atoms with van der Waals surface area (Å²) in [5.74, 6) is 1.11. The third-order valence-corrected chi connectivity index (χ3v) is 4.39. The van der Waals surface area contributed by atoms with E-state index in [9.17, 15) is 4.79 Å². The van der Waals surface area contributed by atoms with Crippen molar-refractivity contribution in [3.8, 4) is 5.75 Å². The van der Waals surface area contributed by atoms with E-state index in [0.717, 1.165) is 22.2 Å². The molecule has 2 aromatic rings. The van der Waals surface area contributed by atoms with Crippen molar-refractivity contribution in [2.24, 2.45) is 0 Å². The van der Waals surface area contributed by atoms with Crippen molar-refractivity contribution in [1.82, 2.24) is 9.55 Å². The first-order valence-corrected chi connectivity index (χ1v) is 8.99. The first-order chi connectivity index (χ1) is 11.3. The predicted octanol–water partition coefficient (Wildman–Crippen LogP) is 4.08. The Kier molecular flexibility index (Phi) is 5.94. The lowest BCUT2D eigenvalue weighted by molar-refractivity contribution is -0.113. The fraction of sp³-hybridized carbons (Fsp3) is 0.444. The zero-order chi connectivity index (χ0) is 17.7. The van der Waals surface area contributed by atoms with Crippen molar-refractivity contribution in [3.63, 3.8) is 0 Å². The highest BCUT2D eigenvalue weighted by atomic mass is 32.2. The van der Waals surface area contributed by atoms with Gasteiger partial charge in [-0.05, 0) is 58.4 Å². The van der Waals surface area contributed by atoms with Crippen LogP contribution in [0.25, 0.3) is 0 Å². The summed E-state index contributed by atoms with van der Waals surface area (Å²) in [7, 11) is 0. The molecule has 6 heteroatoms. The summed E-state index contributed by atoms with van der Waals surface area (Å²) >= 11 is 1.44. The summed E-state index contributed by atoms with van der Waals surface area (Å²) < 4.78 is 7.59. The second kappa shape index (κ2) is 7.75. The van der Waals surface area contributed by atoms with Gasteiger partial charge in [-0.2, -0.15) is 0 Å². The number of carbonyl (C=O) groups is 1. The van der Waals surface area contributed by atoms with Crippen molar-refractivity contribution in [2.45, 2.75) is 45.3 Å². The van der Waals surface area contributed by atoms with Gasteiger partial charge in [0.05, 0.1) is 12.4 Å². The molecule has 0 aliphatic heterocycles. The molecule has 2 rings (SSSR count). The molecule has 0 unspecified atom stereocenters.